The van der Waals surface area contributed by atoms with E-state index in [2.05, 4.69) is 41.9 Å². The fourth-order valence-electron chi connectivity index (χ4n) is 2.74. The monoisotopic (exact) mass is 507 g/mol. The number of hydrogen-bond acceptors (Lipinski definition) is 5. The molecule has 0 spiro atoms. The summed E-state index contributed by atoms with van der Waals surface area (Å²) in [4.78, 5) is 17.7. The van der Waals surface area contributed by atoms with Gasteiger partial charge in [-0.25, -0.2) is 4.98 Å². The second kappa shape index (κ2) is 8.45. The molecular weight excluding hydrogens is 490 g/mol. The van der Waals surface area contributed by atoms with E-state index in [1.54, 1.807) is 38.6 Å². The van der Waals surface area contributed by atoms with Gasteiger partial charge in [-0.05, 0) is 46.3 Å². The summed E-state index contributed by atoms with van der Waals surface area (Å²) in [5.74, 6) is 1.78. The zero-order valence-corrected chi connectivity index (χ0v) is 19.0. The van der Waals surface area contributed by atoms with Crippen molar-refractivity contribution in [1.82, 2.24) is 9.66 Å². The van der Waals surface area contributed by atoms with Gasteiger partial charge in [0.05, 0.1) is 31.3 Å². The molecule has 0 unspecified atom stereocenters. The molecule has 0 aliphatic rings. The van der Waals surface area contributed by atoms with Crippen LogP contribution < -0.4 is 15.0 Å². The van der Waals surface area contributed by atoms with E-state index >= 15 is 0 Å². The number of rotatable bonds is 5. The first-order valence-electron chi connectivity index (χ1n) is 8.53. The van der Waals surface area contributed by atoms with Crippen LogP contribution in [0.3, 0.4) is 0 Å². The van der Waals surface area contributed by atoms with E-state index in [-0.39, 0.29) is 11.5 Å². The summed E-state index contributed by atoms with van der Waals surface area (Å²) in [5.41, 5.74) is 1.17. The number of aromatic nitrogens is 2. The lowest BCUT2D eigenvalue weighted by Gasteiger charge is -2.12. The van der Waals surface area contributed by atoms with Crippen LogP contribution in [0.5, 0.6) is 11.5 Å². The molecule has 8 heteroatoms. The van der Waals surface area contributed by atoms with Crippen LogP contribution >= 0.6 is 31.9 Å². The molecule has 0 fully saturated rings. The molecule has 146 valence electrons. The summed E-state index contributed by atoms with van der Waals surface area (Å²) >= 11 is 6.91. The average molecular weight is 509 g/mol. The van der Waals surface area contributed by atoms with E-state index in [0.717, 1.165) is 14.5 Å². The fourth-order valence-corrected chi connectivity index (χ4v) is 3.53. The van der Waals surface area contributed by atoms with Crippen molar-refractivity contribution in [3.8, 4) is 11.5 Å². The minimum absolute atomic E-state index is 0.0201. The molecule has 28 heavy (non-hydrogen) atoms. The molecule has 0 radical (unpaired) electrons. The van der Waals surface area contributed by atoms with Gasteiger partial charge in [-0.2, -0.15) is 9.78 Å². The summed E-state index contributed by atoms with van der Waals surface area (Å²) in [6, 6.07) is 9.03. The van der Waals surface area contributed by atoms with E-state index in [9.17, 15) is 4.79 Å². The van der Waals surface area contributed by atoms with Crippen molar-refractivity contribution in [2.45, 2.75) is 19.8 Å². The van der Waals surface area contributed by atoms with Crippen molar-refractivity contribution in [2.24, 2.45) is 5.10 Å². The predicted molar refractivity (Wildman–Crippen MR) is 118 cm³/mol. The summed E-state index contributed by atoms with van der Waals surface area (Å²) in [6.45, 7) is 3.95. The molecule has 3 aromatic rings. The highest BCUT2D eigenvalue weighted by molar-refractivity contribution is 9.10. The van der Waals surface area contributed by atoms with Crippen LogP contribution in [0.1, 0.15) is 31.2 Å². The second-order valence-corrected chi connectivity index (χ2v) is 8.15. The van der Waals surface area contributed by atoms with E-state index < -0.39 is 0 Å². The number of hydrogen-bond donors (Lipinski definition) is 0. The van der Waals surface area contributed by atoms with Gasteiger partial charge in [0.25, 0.3) is 5.56 Å². The van der Waals surface area contributed by atoms with Gasteiger partial charge in [0.15, 0.2) is 11.5 Å². The SMILES string of the molecule is COc1cc(Br)c(C=Nn2c(C(C)C)nc3ccc(Br)cc3c2=O)cc1OC. The van der Waals surface area contributed by atoms with Crippen molar-refractivity contribution in [3.05, 3.63) is 61.0 Å². The molecule has 0 N–H and O–H groups in total. The maximum atomic E-state index is 13.1. The standard InChI is InChI=1S/C20H19Br2N3O3/c1-11(2)19-24-16-6-5-13(21)8-14(16)20(26)25(19)23-10-12-7-17(27-3)18(28-4)9-15(12)22/h5-11H,1-4H3. The number of fused-ring (bicyclic) bond motifs is 1. The van der Waals surface area contributed by atoms with Gasteiger partial charge in [-0.3, -0.25) is 4.79 Å². The van der Waals surface area contributed by atoms with Crippen LogP contribution in [0.25, 0.3) is 10.9 Å². The van der Waals surface area contributed by atoms with Crippen molar-refractivity contribution >= 4 is 49.0 Å². The topological polar surface area (TPSA) is 65.7 Å². The van der Waals surface area contributed by atoms with Crippen LogP contribution in [0, 0.1) is 0 Å². The lowest BCUT2D eigenvalue weighted by atomic mass is 10.2. The van der Waals surface area contributed by atoms with Gasteiger partial charge in [0.1, 0.15) is 5.82 Å². The third-order valence-electron chi connectivity index (χ3n) is 4.16. The van der Waals surface area contributed by atoms with Crippen molar-refractivity contribution in [2.75, 3.05) is 14.2 Å². The van der Waals surface area contributed by atoms with Gasteiger partial charge < -0.3 is 9.47 Å². The molecule has 1 heterocycles. The van der Waals surface area contributed by atoms with Crippen LogP contribution in [0.2, 0.25) is 0 Å². The minimum Gasteiger partial charge on any atom is -0.493 e. The summed E-state index contributed by atoms with van der Waals surface area (Å²) in [6.07, 6.45) is 1.60. The highest BCUT2D eigenvalue weighted by Gasteiger charge is 2.14. The molecular formula is C20H19Br2N3O3. The maximum Gasteiger partial charge on any atom is 0.282 e. The van der Waals surface area contributed by atoms with Gasteiger partial charge in [-0.1, -0.05) is 29.8 Å². The lowest BCUT2D eigenvalue weighted by Crippen LogP contribution is -2.23. The molecule has 0 bridgehead atoms. The Morgan fingerprint density at radius 1 is 1.11 bits per heavy atom. The first kappa shape index (κ1) is 20.5. The smallest absolute Gasteiger partial charge is 0.282 e. The molecule has 0 saturated carbocycles. The first-order valence-corrected chi connectivity index (χ1v) is 10.1. The second-order valence-electron chi connectivity index (χ2n) is 6.38. The molecule has 3 rings (SSSR count). The minimum atomic E-state index is -0.220. The molecule has 0 saturated heterocycles. The van der Waals surface area contributed by atoms with Gasteiger partial charge in [0.2, 0.25) is 0 Å². The highest BCUT2D eigenvalue weighted by atomic mass is 79.9. The van der Waals surface area contributed by atoms with Gasteiger partial charge in [-0.15, -0.1) is 0 Å². The zero-order chi connectivity index (χ0) is 20.4. The molecule has 1 aromatic heterocycles. The highest BCUT2D eigenvalue weighted by Crippen LogP contribution is 2.32. The number of methoxy groups -OCH3 is 2. The van der Waals surface area contributed by atoms with Crippen LogP contribution in [0.4, 0.5) is 0 Å². The summed E-state index contributed by atoms with van der Waals surface area (Å²) in [5, 5.41) is 4.95. The number of nitrogens with zero attached hydrogens (tertiary/aromatic N) is 3. The molecule has 0 amide bonds. The third-order valence-corrected chi connectivity index (χ3v) is 5.34. The molecule has 6 nitrogen and oxygen atoms in total. The van der Waals surface area contributed by atoms with Gasteiger partial charge >= 0.3 is 0 Å². The Morgan fingerprint density at radius 3 is 2.43 bits per heavy atom. The lowest BCUT2D eigenvalue weighted by molar-refractivity contribution is 0.354. The fraction of sp³-hybridized carbons (Fsp3) is 0.250. The Morgan fingerprint density at radius 2 is 1.79 bits per heavy atom. The number of ether oxygens (including phenoxy) is 2. The Labute approximate surface area is 179 Å². The zero-order valence-electron chi connectivity index (χ0n) is 15.9. The Bertz CT molecular complexity index is 1120. The molecule has 0 aliphatic carbocycles. The van der Waals surface area contributed by atoms with Crippen LogP contribution in [-0.4, -0.2) is 30.1 Å². The Balaban J connectivity index is 2.17. The summed E-state index contributed by atoms with van der Waals surface area (Å²) in [7, 11) is 3.14. The van der Waals surface area contributed by atoms with Crippen molar-refractivity contribution in [1.29, 1.82) is 0 Å². The normalized spacial score (nSPS) is 11.5. The van der Waals surface area contributed by atoms with Crippen LogP contribution in [0.15, 0.2) is 49.2 Å². The Kier molecular flexibility index (Phi) is 6.20. The third kappa shape index (κ3) is 3.98. The van der Waals surface area contributed by atoms with Gasteiger partial charge in [0, 0.05) is 20.4 Å². The molecule has 2 aromatic carbocycles. The Hall–Kier alpha value is -2.19. The van der Waals surface area contributed by atoms with Crippen LogP contribution in [-0.2, 0) is 0 Å². The first-order chi connectivity index (χ1) is 13.3. The summed E-state index contributed by atoms with van der Waals surface area (Å²) < 4.78 is 13.6. The predicted octanol–water partition coefficient (Wildman–Crippen LogP) is 4.94. The van der Waals surface area contributed by atoms with E-state index in [1.165, 1.54) is 4.68 Å². The van der Waals surface area contributed by atoms with Crippen molar-refractivity contribution in [3.63, 3.8) is 0 Å². The molecule has 0 atom stereocenters. The van der Waals surface area contributed by atoms with E-state index in [4.69, 9.17) is 9.47 Å². The average Bonchev–Trinajstić information content (AvgIpc) is 2.67. The number of benzene rings is 2. The molecule has 0 aliphatic heterocycles. The van der Waals surface area contributed by atoms with E-state index in [1.807, 2.05) is 26.0 Å². The quantitative estimate of drug-likeness (QED) is 0.457. The number of halogens is 2. The maximum absolute atomic E-state index is 13.1. The van der Waals surface area contributed by atoms with E-state index in [0.29, 0.717) is 28.2 Å². The van der Waals surface area contributed by atoms with Crippen molar-refractivity contribution < 1.29 is 9.47 Å². The largest absolute Gasteiger partial charge is 0.493 e.